The lowest BCUT2D eigenvalue weighted by Gasteiger charge is -2.30. The van der Waals surface area contributed by atoms with Gasteiger partial charge in [-0.15, -0.1) is 0 Å². The van der Waals surface area contributed by atoms with Crippen LogP contribution in [0.5, 0.6) is 0 Å². The molecule has 1 aromatic carbocycles. The zero-order valence-electron chi connectivity index (χ0n) is 12.0. The van der Waals surface area contributed by atoms with E-state index in [1.807, 2.05) is 23.1 Å². The monoisotopic (exact) mass is 274 g/mol. The van der Waals surface area contributed by atoms with E-state index in [4.69, 9.17) is 4.74 Å². The SMILES string of the molecule is CC1CN(C(=O)C2CCCCO2)c2ccccc2CN1. The number of ether oxygens (including phenoxy) is 1. The fraction of sp³-hybridized carbons (Fsp3) is 0.562. The quantitative estimate of drug-likeness (QED) is 0.852. The van der Waals surface area contributed by atoms with Crippen LogP contribution in [0.2, 0.25) is 0 Å². The summed E-state index contributed by atoms with van der Waals surface area (Å²) >= 11 is 0. The Kier molecular flexibility index (Phi) is 4.03. The molecule has 1 aromatic rings. The van der Waals surface area contributed by atoms with Gasteiger partial charge in [0.1, 0.15) is 6.10 Å². The molecule has 1 N–H and O–H groups in total. The number of carbonyl (C=O) groups is 1. The van der Waals surface area contributed by atoms with Gasteiger partial charge in [0.05, 0.1) is 0 Å². The van der Waals surface area contributed by atoms with Gasteiger partial charge in [0.15, 0.2) is 0 Å². The van der Waals surface area contributed by atoms with Gasteiger partial charge in [0, 0.05) is 31.4 Å². The predicted molar refractivity (Wildman–Crippen MR) is 78.7 cm³/mol. The maximum atomic E-state index is 12.8. The molecule has 0 saturated carbocycles. The minimum Gasteiger partial charge on any atom is -0.368 e. The van der Waals surface area contributed by atoms with Crippen LogP contribution in [0.15, 0.2) is 24.3 Å². The van der Waals surface area contributed by atoms with E-state index in [0.29, 0.717) is 13.2 Å². The highest BCUT2D eigenvalue weighted by molar-refractivity contribution is 5.97. The number of para-hydroxylation sites is 1. The van der Waals surface area contributed by atoms with Gasteiger partial charge < -0.3 is 15.0 Å². The van der Waals surface area contributed by atoms with Crippen molar-refractivity contribution < 1.29 is 9.53 Å². The Hall–Kier alpha value is -1.39. The standard InChI is InChI=1S/C16H22N2O2/c1-12-11-18(16(19)15-8-4-5-9-20-15)14-7-3-2-6-13(14)10-17-12/h2-3,6-7,12,15,17H,4-5,8-11H2,1H3. The van der Waals surface area contributed by atoms with Crippen LogP contribution in [0.3, 0.4) is 0 Å². The van der Waals surface area contributed by atoms with Crippen LogP contribution in [0, 0.1) is 0 Å². The molecule has 1 amide bonds. The van der Waals surface area contributed by atoms with Gasteiger partial charge in [-0.2, -0.15) is 0 Å². The summed E-state index contributed by atoms with van der Waals surface area (Å²) < 4.78 is 5.67. The molecule has 2 aliphatic rings. The first-order valence-electron chi connectivity index (χ1n) is 7.50. The summed E-state index contributed by atoms with van der Waals surface area (Å²) in [7, 11) is 0. The first kappa shape index (κ1) is 13.6. The fourth-order valence-electron chi connectivity index (χ4n) is 2.96. The van der Waals surface area contributed by atoms with Crippen LogP contribution in [-0.2, 0) is 16.1 Å². The summed E-state index contributed by atoms with van der Waals surface area (Å²) in [4.78, 5) is 14.7. The maximum Gasteiger partial charge on any atom is 0.256 e. The molecule has 4 heteroatoms. The summed E-state index contributed by atoms with van der Waals surface area (Å²) in [5.41, 5.74) is 2.21. The van der Waals surface area contributed by atoms with Crippen LogP contribution in [-0.4, -0.2) is 31.2 Å². The second-order valence-corrected chi connectivity index (χ2v) is 5.71. The molecule has 20 heavy (non-hydrogen) atoms. The van der Waals surface area contributed by atoms with Crippen LogP contribution in [0.4, 0.5) is 5.69 Å². The van der Waals surface area contributed by atoms with Gasteiger partial charge in [-0.05, 0) is 37.8 Å². The van der Waals surface area contributed by atoms with Crippen molar-refractivity contribution in [2.45, 2.75) is 44.9 Å². The number of rotatable bonds is 1. The Morgan fingerprint density at radius 3 is 3.00 bits per heavy atom. The molecular formula is C16H22N2O2. The van der Waals surface area contributed by atoms with Crippen molar-refractivity contribution in [1.82, 2.24) is 5.32 Å². The topological polar surface area (TPSA) is 41.6 Å². The van der Waals surface area contributed by atoms with Crippen molar-refractivity contribution in [2.24, 2.45) is 0 Å². The number of amides is 1. The summed E-state index contributed by atoms with van der Waals surface area (Å²) in [6.45, 7) is 4.34. The summed E-state index contributed by atoms with van der Waals surface area (Å²) in [6.07, 6.45) is 2.74. The van der Waals surface area contributed by atoms with Crippen molar-refractivity contribution in [3.05, 3.63) is 29.8 Å². The van der Waals surface area contributed by atoms with Gasteiger partial charge in [-0.1, -0.05) is 18.2 Å². The van der Waals surface area contributed by atoms with Crippen molar-refractivity contribution in [2.75, 3.05) is 18.1 Å². The highest BCUT2D eigenvalue weighted by Crippen LogP contribution is 2.26. The second-order valence-electron chi connectivity index (χ2n) is 5.71. The van der Waals surface area contributed by atoms with Crippen molar-refractivity contribution >= 4 is 11.6 Å². The van der Waals surface area contributed by atoms with E-state index in [1.54, 1.807) is 0 Å². The molecule has 1 saturated heterocycles. The fourth-order valence-corrected chi connectivity index (χ4v) is 2.96. The normalized spacial score (nSPS) is 26.8. The molecule has 0 radical (unpaired) electrons. The molecule has 0 aromatic heterocycles. The number of nitrogens with one attached hydrogen (secondary N) is 1. The van der Waals surface area contributed by atoms with Crippen LogP contribution in [0.25, 0.3) is 0 Å². The number of fused-ring (bicyclic) bond motifs is 1. The molecule has 108 valence electrons. The zero-order valence-corrected chi connectivity index (χ0v) is 12.0. The van der Waals surface area contributed by atoms with E-state index in [2.05, 4.69) is 18.3 Å². The Morgan fingerprint density at radius 2 is 2.20 bits per heavy atom. The van der Waals surface area contributed by atoms with E-state index in [-0.39, 0.29) is 18.1 Å². The highest BCUT2D eigenvalue weighted by atomic mass is 16.5. The molecule has 2 heterocycles. The first-order valence-corrected chi connectivity index (χ1v) is 7.50. The Morgan fingerprint density at radius 1 is 1.35 bits per heavy atom. The van der Waals surface area contributed by atoms with Gasteiger partial charge in [-0.25, -0.2) is 0 Å². The average Bonchev–Trinajstić information content (AvgIpc) is 2.67. The highest BCUT2D eigenvalue weighted by Gasteiger charge is 2.30. The van der Waals surface area contributed by atoms with Gasteiger partial charge in [0.2, 0.25) is 0 Å². The van der Waals surface area contributed by atoms with Crippen LogP contribution < -0.4 is 10.2 Å². The lowest BCUT2D eigenvalue weighted by Crippen LogP contribution is -2.46. The molecule has 0 aliphatic carbocycles. The molecule has 0 bridgehead atoms. The largest absolute Gasteiger partial charge is 0.368 e. The average molecular weight is 274 g/mol. The van der Waals surface area contributed by atoms with Gasteiger partial charge in [0.25, 0.3) is 5.91 Å². The number of hydrogen-bond donors (Lipinski definition) is 1. The summed E-state index contributed by atoms with van der Waals surface area (Å²) in [6, 6.07) is 8.43. The van der Waals surface area contributed by atoms with E-state index < -0.39 is 0 Å². The molecule has 2 aliphatic heterocycles. The van der Waals surface area contributed by atoms with Crippen LogP contribution >= 0.6 is 0 Å². The lowest BCUT2D eigenvalue weighted by atomic mass is 10.1. The summed E-state index contributed by atoms with van der Waals surface area (Å²) in [5, 5.41) is 3.45. The number of carbonyl (C=O) groups excluding carboxylic acids is 1. The summed E-state index contributed by atoms with van der Waals surface area (Å²) in [5.74, 6) is 0.118. The third-order valence-electron chi connectivity index (χ3n) is 4.10. The predicted octanol–water partition coefficient (Wildman–Crippen LogP) is 2.08. The van der Waals surface area contributed by atoms with Crippen molar-refractivity contribution in [3.63, 3.8) is 0 Å². The molecule has 0 spiro atoms. The number of benzene rings is 1. The molecule has 4 nitrogen and oxygen atoms in total. The zero-order chi connectivity index (χ0) is 13.9. The second kappa shape index (κ2) is 5.94. The van der Waals surface area contributed by atoms with Gasteiger partial charge >= 0.3 is 0 Å². The Balaban J connectivity index is 1.87. The molecule has 2 unspecified atom stereocenters. The number of nitrogens with zero attached hydrogens (tertiary/aromatic N) is 1. The molecule has 1 fully saturated rings. The minimum atomic E-state index is -0.262. The third-order valence-corrected chi connectivity index (χ3v) is 4.10. The Labute approximate surface area is 120 Å². The first-order chi connectivity index (χ1) is 9.75. The number of anilines is 1. The molecular weight excluding hydrogens is 252 g/mol. The van der Waals surface area contributed by atoms with E-state index >= 15 is 0 Å². The van der Waals surface area contributed by atoms with Crippen LogP contribution in [0.1, 0.15) is 31.7 Å². The Bertz CT molecular complexity index is 483. The van der Waals surface area contributed by atoms with E-state index in [9.17, 15) is 4.79 Å². The van der Waals surface area contributed by atoms with Gasteiger partial charge in [-0.3, -0.25) is 4.79 Å². The van der Waals surface area contributed by atoms with E-state index in [0.717, 1.165) is 31.5 Å². The third kappa shape index (κ3) is 2.72. The molecule has 2 atom stereocenters. The van der Waals surface area contributed by atoms with Crippen molar-refractivity contribution in [3.8, 4) is 0 Å². The van der Waals surface area contributed by atoms with E-state index in [1.165, 1.54) is 5.56 Å². The molecule has 3 rings (SSSR count). The lowest BCUT2D eigenvalue weighted by molar-refractivity contribution is -0.132. The maximum absolute atomic E-state index is 12.8. The minimum absolute atomic E-state index is 0.118. The van der Waals surface area contributed by atoms with Crippen molar-refractivity contribution in [1.29, 1.82) is 0 Å². The number of hydrogen-bond acceptors (Lipinski definition) is 3. The smallest absolute Gasteiger partial charge is 0.256 e.